The molecule has 1 aromatic rings. The number of ether oxygens (including phenoxy) is 1. The highest BCUT2D eigenvalue weighted by atomic mass is 32.2. The van der Waals surface area contributed by atoms with Gasteiger partial charge in [0.1, 0.15) is 5.75 Å². The summed E-state index contributed by atoms with van der Waals surface area (Å²) in [5.41, 5.74) is 6.86. The third-order valence-electron chi connectivity index (χ3n) is 2.20. The Kier molecular flexibility index (Phi) is 7.36. The first-order valence-corrected chi connectivity index (χ1v) is 7.49. The molecule has 0 atom stereocenters. The van der Waals surface area contributed by atoms with Crippen molar-refractivity contribution in [3.05, 3.63) is 24.3 Å². The molecule has 0 aliphatic heterocycles. The molecule has 0 radical (unpaired) electrons. The second kappa shape index (κ2) is 8.88. The van der Waals surface area contributed by atoms with Crippen LogP contribution >= 0.6 is 24.0 Å². The molecule has 0 amide bonds. The molecule has 1 aromatic carbocycles. The van der Waals surface area contributed by atoms with Gasteiger partial charge in [-0.2, -0.15) is 11.8 Å². The lowest BCUT2D eigenvalue weighted by atomic mass is 10.3. The molecule has 18 heavy (non-hydrogen) atoms. The van der Waals surface area contributed by atoms with Crippen LogP contribution in [0.2, 0.25) is 0 Å². The van der Waals surface area contributed by atoms with Crippen molar-refractivity contribution in [2.24, 2.45) is 0 Å². The number of nitrogens with one attached hydrogen (secondary N) is 3. The van der Waals surface area contributed by atoms with E-state index >= 15 is 0 Å². The molecule has 6 heteroatoms. The zero-order valence-corrected chi connectivity index (χ0v) is 12.3. The fraction of sp³-hybridized carbons (Fsp3) is 0.417. The van der Waals surface area contributed by atoms with Crippen LogP contribution in [0.25, 0.3) is 0 Å². The van der Waals surface area contributed by atoms with E-state index in [2.05, 4.69) is 22.4 Å². The number of thiocarbonyl (C=S) groups is 1. The summed E-state index contributed by atoms with van der Waals surface area (Å²) >= 11 is 6.98. The molecular weight excluding hydrogens is 266 g/mol. The smallest absolute Gasteiger partial charge is 0.185 e. The molecule has 0 bridgehead atoms. The van der Waals surface area contributed by atoms with E-state index < -0.39 is 0 Å². The third kappa shape index (κ3) is 5.97. The minimum atomic E-state index is 0.596. The van der Waals surface area contributed by atoms with Crippen LogP contribution in [0.4, 0.5) is 5.69 Å². The van der Waals surface area contributed by atoms with E-state index in [0.717, 1.165) is 30.2 Å². The number of hydrogen-bond donors (Lipinski definition) is 3. The fourth-order valence-corrected chi connectivity index (χ4v) is 1.88. The maximum absolute atomic E-state index is 5.14. The van der Waals surface area contributed by atoms with Gasteiger partial charge in [-0.1, -0.05) is 6.07 Å². The second-order valence-corrected chi connectivity index (χ2v) is 4.98. The summed E-state index contributed by atoms with van der Waals surface area (Å²) in [6.45, 7) is 0.881. The number of methoxy groups -OCH3 is 1. The predicted octanol–water partition coefficient (Wildman–Crippen LogP) is 2.24. The maximum atomic E-state index is 5.14. The van der Waals surface area contributed by atoms with Gasteiger partial charge in [-0.05, 0) is 42.8 Å². The number of hydrogen-bond acceptors (Lipinski definition) is 4. The Hall–Kier alpha value is -1.14. The van der Waals surface area contributed by atoms with Gasteiger partial charge in [-0.15, -0.1) is 0 Å². The number of benzene rings is 1. The summed E-state index contributed by atoms with van der Waals surface area (Å²) in [7, 11) is 1.64. The molecule has 3 N–H and O–H groups in total. The fourth-order valence-electron chi connectivity index (χ4n) is 1.29. The maximum Gasteiger partial charge on any atom is 0.185 e. The van der Waals surface area contributed by atoms with Crippen LogP contribution in [0, 0.1) is 0 Å². The standard InChI is InChI=1S/C12H19N3OS2/c1-16-11-6-3-5-10(9-11)14-15-12(17)13-7-4-8-18-2/h3,5-6,9,14H,4,7-8H2,1-2H3,(H2,13,15,17). The topological polar surface area (TPSA) is 45.3 Å². The average molecular weight is 285 g/mol. The summed E-state index contributed by atoms with van der Waals surface area (Å²) < 4.78 is 5.13. The number of anilines is 1. The van der Waals surface area contributed by atoms with Crippen LogP contribution in [0.5, 0.6) is 5.75 Å². The third-order valence-corrected chi connectivity index (χ3v) is 3.14. The van der Waals surface area contributed by atoms with Crippen LogP contribution in [-0.2, 0) is 0 Å². The van der Waals surface area contributed by atoms with Gasteiger partial charge in [-0.25, -0.2) is 0 Å². The Morgan fingerprint density at radius 3 is 3.00 bits per heavy atom. The normalized spacial score (nSPS) is 9.67. The largest absolute Gasteiger partial charge is 0.497 e. The first-order chi connectivity index (χ1) is 8.76. The van der Waals surface area contributed by atoms with Gasteiger partial charge in [0.25, 0.3) is 0 Å². The molecule has 0 saturated heterocycles. The van der Waals surface area contributed by atoms with Crippen molar-refractivity contribution < 1.29 is 4.74 Å². The van der Waals surface area contributed by atoms with Crippen molar-refractivity contribution in [2.75, 3.05) is 31.1 Å². The first-order valence-electron chi connectivity index (χ1n) is 5.69. The lowest BCUT2D eigenvalue weighted by Crippen LogP contribution is -2.39. The number of thioether (sulfide) groups is 1. The summed E-state index contributed by atoms with van der Waals surface area (Å²) in [5.74, 6) is 1.94. The summed E-state index contributed by atoms with van der Waals surface area (Å²) in [6, 6.07) is 7.64. The SMILES string of the molecule is COc1cccc(NNC(=S)NCCCSC)c1. The van der Waals surface area contributed by atoms with Crippen LogP contribution in [0.3, 0.4) is 0 Å². The van der Waals surface area contributed by atoms with E-state index in [1.165, 1.54) is 0 Å². The summed E-state index contributed by atoms with van der Waals surface area (Å²) in [5, 5.41) is 3.73. The molecule has 0 aliphatic carbocycles. The lowest BCUT2D eigenvalue weighted by molar-refractivity contribution is 0.415. The van der Waals surface area contributed by atoms with Gasteiger partial charge in [-0.3, -0.25) is 10.9 Å². The van der Waals surface area contributed by atoms with E-state index in [4.69, 9.17) is 17.0 Å². The Morgan fingerprint density at radius 1 is 1.44 bits per heavy atom. The van der Waals surface area contributed by atoms with E-state index in [9.17, 15) is 0 Å². The summed E-state index contributed by atoms with van der Waals surface area (Å²) in [4.78, 5) is 0. The van der Waals surface area contributed by atoms with Crippen molar-refractivity contribution in [1.82, 2.24) is 10.7 Å². The summed E-state index contributed by atoms with van der Waals surface area (Å²) in [6.07, 6.45) is 3.20. The second-order valence-electron chi connectivity index (χ2n) is 3.58. The Bertz CT molecular complexity index is 374. The average Bonchev–Trinajstić information content (AvgIpc) is 2.41. The van der Waals surface area contributed by atoms with Gasteiger partial charge < -0.3 is 10.1 Å². The Labute approximate surface area is 118 Å². The van der Waals surface area contributed by atoms with Crippen molar-refractivity contribution in [2.45, 2.75) is 6.42 Å². The van der Waals surface area contributed by atoms with Gasteiger partial charge in [0.2, 0.25) is 0 Å². The minimum absolute atomic E-state index is 0.596. The van der Waals surface area contributed by atoms with Crippen molar-refractivity contribution >= 4 is 34.8 Å². The monoisotopic (exact) mass is 285 g/mol. The van der Waals surface area contributed by atoms with E-state index in [0.29, 0.717) is 5.11 Å². The molecule has 0 unspecified atom stereocenters. The molecule has 1 rings (SSSR count). The number of hydrazine groups is 1. The van der Waals surface area contributed by atoms with Gasteiger partial charge >= 0.3 is 0 Å². The van der Waals surface area contributed by atoms with Crippen molar-refractivity contribution in [3.63, 3.8) is 0 Å². The quantitative estimate of drug-likeness (QED) is 0.406. The molecule has 4 nitrogen and oxygen atoms in total. The highest BCUT2D eigenvalue weighted by Gasteiger charge is 1.96. The molecule has 0 aliphatic rings. The molecular formula is C12H19N3OS2. The van der Waals surface area contributed by atoms with Crippen molar-refractivity contribution in [3.8, 4) is 5.75 Å². The van der Waals surface area contributed by atoms with Crippen LogP contribution in [-0.4, -0.2) is 30.8 Å². The van der Waals surface area contributed by atoms with E-state index in [1.807, 2.05) is 36.0 Å². The molecule has 0 fully saturated rings. The van der Waals surface area contributed by atoms with Gasteiger partial charge in [0.15, 0.2) is 5.11 Å². The Morgan fingerprint density at radius 2 is 2.28 bits per heavy atom. The van der Waals surface area contributed by atoms with Crippen LogP contribution in [0.1, 0.15) is 6.42 Å². The molecule has 0 saturated carbocycles. The molecule has 0 aromatic heterocycles. The van der Waals surface area contributed by atoms with Crippen LogP contribution < -0.4 is 20.9 Å². The van der Waals surface area contributed by atoms with Crippen LogP contribution in [0.15, 0.2) is 24.3 Å². The first kappa shape index (κ1) is 14.9. The zero-order valence-electron chi connectivity index (χ0n) is 10.7. The molecule has 0 heterocycles. The van der Waals surface area contributed by atoms with Gasteiger partial charge in [0.05, 0.1) is 12.8 Å². The zero-order chi connectivity index (χ0) is 13.2. The highest BCUT2D eigenvalue weighted by molar-refractivity contribution is 7.98. The number of rotatable bonds is 7. The van der Waals surface area contributed by atoms with Gasteiger partial charge in [0, 0.05) is 12.6 Å². The highest BCUT2D eigenvalue weighted by Crippen LogP contribution is 2.15. The molecule has 0 spiro atoms. The Balaban J connectivity index is 2.24. The van der Waals surface area contributed by atoms with E-state index in [1.54, 1.807) is 7.11 Å². The minimum Gasteiger partial charge on any atom is -0.497 e. The van der Waals surface area contributed by atoms with Crippen molar-refractivity contribution in [1.29, 1.82) is 0 Å². The molecule has 100 valence electrons. The van der Waals surface area contributed by atoms with E-state index in [-0.39, 0.29) is 0 Å². The lowest BCUT2D eigenvalue weighted by Gasteiger charge is -2.12. The predicted molar refractivity (Wildman–Crippen MR) is 83.4 cm³/mol.